The van der Waals surface area contributed by atoms with Gasteiger partial charge in [0.2, 0.25) is 0 Å². The summed E-state index contributed by atoms with van der Waals surface area (Å²) < 4.78 is 13.2. The molecule has 0 saturated heterocycles. The largest absolute Gasteiger partial charge is 0.341 e. The van der Waals surface area contributed by atoms with Gasteiger partial charge in [0, 0.05) is 11.5 Å². The Morgan fingerprint density at radius 2 is 1.67 bits per heavy atom. The quantitative estimate of drug-likeness (QED) is 0.711. The summed E-state index contributed by atoms with van der Waals surface area (Å²) in [5, 5.41) is 4.78. The zero-order valence-corrected chi connectivity index (χ0v) is 16.1. The summed E-state index contributed by atoms with van der Waals surface area (Å²) >= 11 is 0. The summed E-state index contributed by atoms with van der Waals surface area (Å²) in [5.41, 5.74) is 1.99. The number of nitrogens with two attached hydrogens (primary N) is 1. The number of Topliss-reactive ketones (excluding diaryl/α,β-unsaturated/α-hetero) is 1. The summed E-state index contributed by atoms with van der Waals surface area (Å²) in [7, 11) is 0. The number of benzene rings is 2. The molecule has 0 heterocycles. The Morgan fingerprint density at radius 1 is 1.04 bits per heavy atom. The summed E-state index contributed by atoms with van der Waals surface area (Å²) in [5.74, 6) is -0.245. The van der Waals surface area contributed by atoms with Gasteiger partial charge in [-0.25, -0.2) is 4.39 Å². The second-order valence-electron chi connectivity index (χ2n) is 7.18. The third-order valence-electron chi connectivity index (χ3n) is 4.64. The number of quaternary nitrogens is 1. The van der Waals surface area contributed by atoms with Crippen molar-refractivity contribution in [2.24, 2.45) is 5.92 Å². The van der Waals surface area contributed by atoms with Crippen LogP contribution in [0.5, 0.6) is 0 Å². The van der Waals surface area contributed by atoms with Crippen molar-refractivity contribution < 1.29 is 19.3 Å². The van der Waals surface area contributed by atoms with Crippen molar-refractivity contribution in [3.05, 3.63) is 71.5 Å². The SMILES string of the molecule is CC(=O)[C@H](Cc1ccccc1)NC(=O)C[NH2+][C@@H](c1ccc(F)cc1)C(C)C. The van der Waals surface area contributed by atoms with Gasteiger partial charge < -0.3 is 10.6 Å². The highest BCUT2D eigenvalue weighted by molar-refractivity contribution is 5.88. The predicted octanol–water partition coefficient (Wildman–Crippen LogP) is 2.40. The molecule has 2 aromatic rings. The second-order valence-corrected chi connectivity index (χ2v) is 7.18. The number of hydrogen-bond donors (Lipinski definition) is 2. The van der Waals surface area contributed by atoms with Gasteiger partial charge in [-0.3, -0.25) is 9.59 Å². The van der Waals surface area contributed by atoms with Crippen molar-refractivity contribution in [3.8, 4) is 0 Å². The molecule has 5 heteroatoms. The van der Waals surface area contributed by atoms with E-state index in [9.17, 15) is 14.0 Å². The number of ketones is 1. The Labute approximate surface area is 160 Å². The Kier molecular flexibility index (Phi) is 7.67. The molecule has 144 valence electrons. The fraction of sp³-hybridized carbons (Fsp3) is 0.364. The molecule has 0 aliphatic heterocycles. The summed E-state index contributed by atoms with van der Waals surface area (Å²) in [4.78, 5) is 24.3. The van der Waals surface area contributed by atoms with Crippen LogP contribution in [0.1, 0.15) is 37.9 Å². The molecule has 2 aromatic carbocycles. The first-order chi connectivity index (χ1) is 12.9. The van der Waals surface area contributed by atoms with Crippen molar-refractivity contribution >= 4 is 11.7 Å². The normalized spacial score (nSPS) is 13.2. The lowest BCUT2D eigenvalue weighted by Gasteiger charge is -2.21. The number of rotatable bonds is 9. The molecule has 0 bridgehead atoms. The van der Waals surface area contributed by atoms with E-state index in [4.69, 9.17) is 0 Å². The number of amides is 1. The van der Waals surface area contributed by atoms with Gasteiger partial charge in [-0.2, -0.15) is 0 Å². The minimum atomic E-state index is -0.531. The molecule has 0 aliphatic carbocycles. The van der Waals surface area contributed by atoms with Crippen molar-refractivity contribution in [2.45, 2.75) is 39.3 Å². The molecular weight excluding hydrogens is 343 g/mol. The van der Waals surface area contributed by atoms with E-state index in [1.165, 1.54) is 19.1 Å². The Balaban J connectivity index is 1.95. The molecule has 1 amide bonds. The monoisotopic (exact) mass is 371 g/mol. The fourth-order valence-corrected chi connectivity index (χ4v) is 3.11. The van der Waals surface area contributed by atoms with Gasteiger partial charge in [0.1, 0.15) is 11.9 Å². The van der Waals surface area contributed by atoms with Crippen LogP contribution in [-0.2, 0) is 16.0 Å². The molecule has 0 aromatic heterocycles. The van der Waals surface area contributed by atoms with Crippen molar-refractivity contribution in [1.82, 2.24) is 5.32 Å². The Hall–Kier alpha value is -2.53. The van der Waals surface area contributed by atoms with E-state index >= 15 is 0 Å². The molecule has 4 nitrogen and oxygen atoms in total. The van der Waals surface area contributed by atoms with Crippen LogP contribution in [0, 0.1) is 11.7 Å². The summed E-state index contributed by atoms with van der Waals surface area (Å²) in [6.07, 6.45) is 0.480. The molecular formula is C22H28FN2O2+. The van der Waals surface area contributed by atoms with Crippen LogP contribution in [0.25, 0.3) is 0 Å². The third-order valence-corrected chi connectivity index (χ3v) is 4.64. The van der Waals surface area contributed by atoms with Crippen LogP contribution in [0.3, 0.4) is 0 Å². The van der Waals surface area contributed by atoms with Gasteiger partial charge in [0.05, 0.1) is 6.04 Å². The molecule has 0 saturated carbocycles. The van der Waals surface area contributed by atoms with Gasteiger partial charge in [0.15, 0.2) is 12.3 Å². The van der Waals surface area contributed by atoms with Crippen LogP contribution >= 0.6 is 0 Å². The molecule has 2 atom stereocenters. The average Bonchev–Trinajstić information content (AvgIpc) is 2.63. The van der Waals surface area contributed by atoms with E-state index in [-0.39, 0.29) is 36.0 Å². The standard InChI is InChI=1S/C22H27FN2O2/c1-15(2)22(18-9-11-19(23)12-10-18)24-14-21(27)25-20(16(3)26)13-17-7-5-4-6-8-17/h4-12,15,20,22,24H,13-14H2,1-3H3,(H,25,27)/p+1/t20-,22+/m0/s1. The van der Waals surface area contributed by atoms with E-state index in [0.717, 1.165) is 11.1 Å². The van der Waals surface area contributed by atoms with E-state index in [0.29, 0.717) is 6.42 Å². The van der Waals surface area contributed by atoms with Crippen LogP contribution in [-0.4, -0.2) is 24.3 Å². The second kappa shape index (κ2) is 9.97. The summed E-state index contributed by atoms with van der Waals surface area (Å²) in [6, 6.07) is 15.5. The van der Waals surface area contributed by atoms with Crippen LogP contribution in [0.15, 0.2) is 54.6 Å². The number of halogens is 1. The maximum atomic E-state index is 13.2. The zero-order chi connectivity index (χ0) is 19.8. The lowest BCUT2D eigenvalue weighted by molar-refractivity contribution is -0.692. The minimum absolute atomic E-state index is 0.0428. The molecule has 0 fully saturated rings. The highest BCUT2D eigenvalue weighted by atomic mass is 19.1. The minimum Gasteiger partial charge on any atom is -0.341 e. The van der Waals surface area contributed by atoms with Crippen molar-refractivity contribution in [1.29, 1.82) is 0 Å². The lowest BCUT2D eigenvalue weighted by atomic mass is 9.96. The number of carbonyl (C=O) groups is 2. The molecule has 27 heavy (non-hydrogen) atoms. The van der Waals surface area contributed by atoms with Gasteiger partial charge in [-0.1, -0.05) is 56.3 Å². The van der Waals surface area contributed by atoms with E-state index < -0.39 is 6.04 Å². The van der Waals surface area contributed by atoms with Gasteiger partial charge in [-0.05, 0) is 31.0 Å². The predicted molar refractivity (Wildman–Crippen MR) is 104 cm³/mol. The molecule has 0 unspecified atom stereocenters. The maximum absolute atomic E-state index is 13.2. The van der Waals surface area contributed by atoms with Crippen molar-refractivity contribution in [2.75, 3.05) is 6.54 Å². The van der Waals surface area contributed by atoms with Crippen LogP contribution in [0.4, 0.5) is 4.39 Å². The Bertz CT molecular complexity index is 745. The van der Waals surface area contributed by atoms with Gasteiger partial charge in [0.25, 0.3) is 5.91 Å². The molecule has 2 rings (SSSR count). The van der Waals surface area contributed by atoms with Crippen LogP contribution < -0.4 is 10.6 Å². The molecule has 0 radical (unpaired) electrons. The molecule has 3 N–H and O–H groups in total. The Morgan fingerprint density at radius 3 is 2.22 bits per heavy atom. The molecule has 0 aliphatic rings. The highest BCUT2D eigenvalue weighted by Gasteiger charge is 2.23. The highest BCUT2D eigenvalue weighted by Crippen LogP contribution is 2.17. The van der Waals surface area contributed by atoms with Gasteiger partial charge in [-0.15, -0.1) is 0 Å². The maximum Gasteiger partial charge on any atom is 0.275 e. The van der Waals surface area contributed by atoms with E-state index in [1.54, 1.807) is 12.1 Å². The summed E-state index contributed by atoms with van der Waals surface area (Å²) in [6.45, 7) is 5.83. The number of nitrogens with one attached hydrogen (secondary N) is 1. The first kappa shape index (κ1) is 20.8. The van der Waals surface area contributed by atoms with E-state index in [2.05, 4.69) is 19.2 Å². The smallest absolute Gasteiger partial charge is 0.275 e. The zero-order valence-electron chi connectivity index (χ0n) is 16.1. The number of hydrogen-bond acceptors (Lipinski definition) is 2. The van der Waals surface area contributed by atoms with Crippen LogP contribution in [0.2, 0.25) is 0 Å². The average molecular weight is 371 g/mol. The topological polar surface area (TPSA) is 62.8 Å². The van der Waals surface area contributed by atoms with E-state index in [1.807, 2.05) is 35.6 Å². The molecule has 0 spiro atoms. The first-order valence-electron chi connectivity index (χ1n) is 9.29. The van der Waals surface area contributed by atoms with Crippen molar-refractivity contribution in [3.63, 3.8) is 0 Å². The fourth-order valence-electron chi connectivity index (χ4n) is 3.11. The third kappa shape index (κ3) is 6.61. The first-order valence-corrected chi connectivity index (χ1v) is 9.29. The lowest BCUT2D eigenvalue weighted by Crippen LogP contribution is -2.88. The van der Waals surface area contributed by atoms with Gasteiger partial charge >= 0.3 is 0 Å². The number of carbonyl (C=O) groups excluding carboxylic acids is 2.